The third-order valence-corrected chi connectivity index (χ3v) is 40.3. The summed E-state index contributed by atoms with van der Waals surface area (Å²) in [5.41, 5.74) is 9.43. The first kappa shape index (κ1) is 47.5. The van der Waals surface area contributed by atoms with Gasteiger partial charge in [0, 0.05) is 0 Å². The number of rotatable bonds is 4. The van der Waals surface area contributed by atoms with Gasteiger partial charge in [-0.2, -0.15) is 49.2 Å². The molecule has 6 rings (SSSR count). The number of hydrogen-bond acceptors (Lipinski definition) is 2. The van der Waals surface area contributed by atoms with Crippen LogP contribution in [-0.2, 0) is 52.0 Å². The maximum atomic E-state index is 11.7. The van der Waals surface area contributed by atoms with Crippen LogP contribution in [0.1, 0.15) is 166 Å². The summed E-state index contributed by atoms with van der Waals surface area (Å²) in [6.45, 7) is 34.7. The van der Waals surface area contributed by atoms with Crippen molar-refractivity contribution in [1.82, 2.24) is 0 Å². The van der Waals surface area contributed by atoms with Crippen LogP contribution in [0, 0.1) is 13.8 Å². The van der Waals surface area contributed by atoms with Gasteiger partial charge in [0.2, 0.25) is 0 Å². The molecule has 1 heterocycles. The van der Waals surface area contributed by atoms with Gasteiger partial charge < -0.3 is 0 Å². The van der Waals surface area contributed by atoms with Crippen molar-refractivity contribution in [3.8, 4) is 11.5 Å². The number of benzene rings is 4. The molecule has 0 amide bonds. The van der Waals surface area contributed by atoms with Gasteiger partial charge in [-0.25, -0.2) is 0 Å². The van der Waals surface area contributed by atoms with E-state index < -0.39 is 18.9 Å². The standard InChI is InChI=1S/C38H60O2S2.2C7H7.Hf/c1-35(2,3)27-19-25(33(39)29(21-27)37(7,8)9)23-41-31-17-15-13-14-16-18-32(31)42-24-26-20-28(36(4,5)6)22-30(34(26)40)38(10,11)12;2*1-7-5-3-2-4-6-7;/h19-22,31-32,39-40H,13-18,23-24H2,1-12H3;2*2-6H,1H2;/q;2*-1;/t31-,32?;;;/m0.../s1. The van der Waals surface area contributed by atoms with Crippen molar-refractivity contribution in [1.29, 1.82) is 0 Å². The molecule has 4 aromatic carbocycles. The summed E-state index contributed by atoms with van der Waals surface area (Å²) in [4.78, 5) is 0. The fourth-order valence-corrected chi connectivity index (χ4v) is 46.6. The van der Waals surface area contributed by atoms with Gasteiger partial charge in [0.15, 0.2) is 0 Å². The van der Waals surface area contributed by atoms with Gasteiger partial charge in [0.1, 0.15) is 0 Å². The molecule has 2 unspecified atom stereocenters. The molecule has 2 aliphatic rings. The van der Waals surface area contributed by atoms with Gasteiger partial charge in [-0.1, -0.05) is 12.1 Å². The fourth-order valence-electron chi connectivity index (χ4n) is 7.51. The van der Waals surface area contributed by atoms with Gasteiger partial charge in [0.25, 0.3) is 0 Å². The van der Waals surface area contributed by atoms with Gasteiger partial charge in [0.05, 0.1) is 0 Å². The first-order chi connectivity index (χ1) is 26.5. The van der Waals surface area contributed by atoms with E-state index in [0.717, 1.165) is 44.3 Å². The van der Waals surface area contributed by atoms with Crippen molar-refractivity contribution in [2.45, 2.75) is 165 Å². The van der Waals surface area contributed by atoms with Crippen LogP contribution in [0.4, 0.5) is 0 Å². The Morgan fingerprint density at radius 3 is 1.11 bits per heavy atom. The van der Waals surface area contributed by atoms with Crippen LogP contribution in [0.15, 0.2) is 84.9 Å². The smallest absolute Gasteiger partial charge is 0.0866 e. The second kappa shape index (κ2) is 19.9. The molecule has 5 heteroatoms. The van der Waals surface area contributed by atoms with Gasteiger partial charge in [-0.15, -0.1) is 24.3 Å². The van der Waals surface area contributed by atoms with E-state index in [4.69, 9.17) is 0 Å². The molecule has 312 valence electrons. The Bertz CT molecular complexity index is 1860. The Morgan fingerprint density at radius 2 is 0.842 bits per heavy atom. The number of aromatic hydroxyl groups is 2. The van der Waals surface area contributed by atoms with Crippen molar-refractivity contribution < 1.29 is 29.1 Å². The quantitative estimate of drug-likeness (QED) is 0.158. The average molecular weight is 974 g/mol. The maximum absolute atomic E-state index is 11.7. The largest absolute Gasteiger partial charge is 0.199 e. The summed E-state index contributed by atoms with van der Waals surface area (Å²) in [5, 5.41) is 25.1. The molecule has 1 fully saturated rings. The topological polar surface area (TPSA) is 40.5 Å². The first-order valence-corrected chi connectivity index (χ1v) is 32.8. The van der Waals surface area contributed by atoms with Crippen LogP contribution in [0.3, 0.4) is 0 Å². The second-order valence-electron chi connectivity index (χ2n) is 20.3. The Balaban J connectivity index is 0.000000428. The molecule has 0 saturated heterocycles. The molecule has 1 aliphatic carbocycles. The van der Waals surface area contributed by atoms with Crippen LogP contribution < -0.4 is 0 Å². The van der Waals surface area contributed by atoms with Crippen molar-refractivity contribution >= 4 is 14.4 Å². The predicted molar refractivity (Wildman–Crippen MR) is 251 cm³/mol. The van der Waals surface area contributed by atoms with E-state index in [2.05, 4.69) is 121 Å². The molecule has 2 nitrogen and oxygen atoms in total. The molecule has 57 heavy (non-hydrogen) atoms. The Hall–Kier alpha value is -2.21. The third kappa shape index (κ3) is 13.7. The molecule has 0 spiro atoms. The van der Waals surface area contributed by atoms with E-state index in [9.17, 15) is 10.2 Å². The van der Waals surface area contributed by atoms with E-state index >= 15 is 0 Å². The molecule has 0 radical (unpaired) electrons. The summed E-state index contributed by atoms with van der Waals surface area (Å²) >= 11 is -1.07. The molecule has 1 aliphatic heterocycles. The van der Waals surface area contributed by atoms with Crippen molar-refractivity contribution in [3.63, 3.8) is 0 Å². The minimum atomic E-state index is -1.07. The Kier molecular flexibility index (Phi) is 16.6. The Morgan fingerprint density at radius 1 is 0.509 bits per heavy atom. The van der Waals surface area contributed by atoms with Crippen molar-refractivity contribution in [3.05, 3.63) is 143 Å². The number of phenols is 2. The van der Waals surface area contributed by atoms with Crippen LogP contribution >= 0.6 is 14.4 Å². The summed E-state index contributed by atoms with van der Waals surface area (Å²) in [7, 11) is 0.832. The zero-order chi connectivity index (χ0) is 42.3. The van der Waals surface area contributed by atoms with Crippen molar-refractivity contribution in [2.75, 3.05) is 0 Å². The average Bonchev–Trinajstić information content (AvgIpc) is 3.39. The molecule has 0 aromatic heterocycles. The SMILES string of the molecule is CC(C)(C)c1cc(C[S]2=[Hf]=[S@@](Cc3cc(C(C)(C)C)cc(C(C)(C)C)c3O)C3CCCCCC[C@@H]32)c(O)c(C(C)(C)C)c1.[CH2-]c1ccccc1.[CH2-]c1ccccc1. The van der Waals surface area contributed by atoms with E-state index in [1.165, 1.54) is 60.8 Å². The zero-order valence-corrected chi connectivity index (χ0v) is 42.7. The van der Waals surface area contributed by atoms with Gasteiger partial charge in [-0.3, -0.25) is 0 Å². The molecule has 2 N–H and O–H groups in total. The van der Waals surface area contributed by atoms with E-state index in [0.29, 0.717) is 25.9 Å². The molecule has 1 saturated carbocycles. The zero-order valence-electron chi connectivity index (χ0n) is 37.5. The molecule has 4 atom stereocenters. The first-order valence-electron chi connectivity index (χ1n) is 21.1. The Labute approximate surface area is 360 Å². The number of phenolic OH excluding ortho intramolecular Hbond substituents is 2. The van der Waals surface area contributed by atoms with Crippen molar-refractivity contribution in [2.24, 2.45) is 0 Å². The van der Waals surface area contributed by atoms with Crippen LogP contribution in [0.2, 0.25) is 0 Å². The summed E-state index contributed by atoms with van der Waals surface area (Å²) < 4.78 is 0. The summed E-state index contributed by atoms with van der Waals surface area (Å²) in [5.74, 6) is 3.29. The normalized spacial score (nSPS) is 19.9. The molecular weight excluding hydrogens is 899 g/mol. The van der Waals surface area contributed by atoms with Crippen LogP contribution in [0.5, 0.6) is 11.5 Å². The predicted octanol–water partition coefficient (Wildman–Crippen LogP) is 15.3. The summed E-state index contributed by atoms with van der Waals surface area (Å²) in [6.07, 6.45) is 8.24. The van der Waals surface area contributed by atoms with Crippen LogP contribution in [0.25, 0.3) is 0 Å². The third-order valence-electron chi connectivity index (χ3n) is 11.1. The van der Waals surface area contributed by atoms with E-state index in [1.807, 2.05) is 60.7 Å². The monoisotopic (exact) mass is 974 g/mol. The number of fused-ring (bicyclic) bond motifs is 1. The summed E-state index contributed by atoms with van der Waals surface area (Å²) in [6, 6.07) is 29.0. The minimum absolute atomic E-state index is 0.0522. The molecule has 4 aromatic rings. The molecular formula is C52H74HfO2S2-2. The van der Waals surface area contributed by atoms with E-state index in [-0.39, 0.29) is 21.7 Å². The van der Waals surface area contributed by atoms with Gasteiger partial charge >= 0.3 is 278 Å². The van der Waals surface area contributed by atoms with Gasteiger partial charge in [-0.05, 0) is 0 Å². The van der Waals surface area contributed by atoms with Crippen LogP contribution in [-0.4, -0.2) is 20.7 Å². The minimum Gasteiger partial charge on any atom is -0.199 e. The fraction of sp³-hybridized carbons (Fsp3) is 0.500. The second-order valence-corrected chi connectivity index (χ2v) is 41.2. The van der Waals surface area contributed by atoms with E-state index in [1.54, 1.807) is 0 Å². The maximum Gasteiger partial charge on any atom is -0.0866 e. The molecule has 0 bridgehead atoms. The number of hydrogen-bond donors (Lipinski definition) is 2.